The molecule has 7 nitrogen and oxygen atoms in total. The number of aromatic nitrogens is 2. The van der Waals surface area contributed by atoms with E-state index in [1.54, 1.807) is 37.4 Å². The van der Waals surface area contributed by atoms with Crippen LogP contribution in [-0.4, -0.2) is 21.8 Å². The summed E-state index contributed by atoms with van der Waals surface area (Å²) in [6.07, 6.45) is 4.49. The lowest BCUT2D eigenvalue weighted by atomic mass is 10.2. The lowest BCUT2D eigenvalue weighted by Gasteiger charge is -2.17. The molecule has 2 amide bonds. The Morgan fingerprint density at radius 1 is 1.27 bits per heavy atom. The molecule has 0 saturated heterocycles. The quantitative estimate of drug-likeness (QED) is 0.765. The summed E-state index contributed by atoms with van der Waals surface area (Å²) in [5.41, 5.74) is 2.71. The molecule has 1 aliphatic rings. The molecule has 1 aromatic carbocycles. The Hall–Kier alpha value is -3.19. The van der Waals surface area contributed by atoms with E-state index in [-0.39, 0.29) is 17.6 Å². The van der Waals surface area contributed by atoms with Gasteiger partial charge in [0.2, 0.25) is 0 Å². The van der Waals surface area contributed by atoms with Crippen LogP contribution >= 0.6 is 11.6 Å². The van der Waals surface area contributed by atoms with Crippen LogP contribution in [0.4, 0.5) is 11.4 Å². The summed E-state index contributed by atoms with van der Waals surface area (Å²) < 4.78 is 5.17. The van der Waals surface area contributed by atoms with E-state index >= 15 is 0 Å². The highest BCUT2D eigenvalue weighted by molar-refractivity contribution is 6.34. The normalized spacial score (nSPS) is 13.0. The Morgan fingerprint density at radius 2 is 2.08 bits per heavy atom. The molecule has 3 heterocycles. The minimum Gasteiger partial charge on any atom is -0.459 e. The molecule has 130 valence electrons. The van der Waals surface area contributed by atoms with Crippen LogP contribution in [0.1, 0.15) is 32.3 Å². The first-order valence-corrected chi connectivity index (χ1v) is 8.19. The van der Waals surface area contributed by atoms with Crippen molar-refractivity contribution < 1.29 is 14.0 Å². The van der Waals surface area contributed by atoms with Crippen LogP contribution in [0.15, 0.2) is 47.3 Å². The number of benzene rings is 1. The summed E-state index contributed by atoms with van der Waals surface area (Å²) in [5, 5.41) is 3.06. The smallest absolute Gasteiger partial charge is 0.291 e. The molecule has 0 spiro atoms. The molecule has 4 rings (SSSR count). The third-order valence-corrected chi connectivity index (χ3v) is 4.40. The van der Waals surface area contributed by atoms with Crippen LogP contribution in [0.2, 0.25) is 5.02 Å². The van der Waals surface area contributed by atoms with E-state index in [4.69, 9.17) is 16.0 Å². The Balaban J connectivity index is 1.57. The second-order valence-electron chi connectivity index (χ2n) is 5.80. The van der Waals surface area contributed by atoms with Gasteiger partial charge in [-0.25, -0.2) is 4.98 Å². The van der Waals surface area contributed by atoms with Crippen LogP contribution in [0, 0.1) is 6.92 Å². The molecular formula is C18H13ClN4O3. The molecule has 3 aromatic rings. The van der Waals surface area contributed by atoms with E-state index in [1.807, 2.05) is 0 Å². The highest BCUT2D eigenvalue weighted by atomic mass is 35.5. The highest BCUT2D eigenvalue weighted by Crippen LogP contribution is 2.33. The van der Waals surface area contributed by atoms with Gasteiger partial charge in [0.15, 0.2) is 11.5 Å². The highest BCUT2D eigenvalue weighted by Gasteiger charge is 2.32. The third-order valence-electron chi connectivity index (χ3n) is 4.09. The molecule has 0 radical (unpaired) electrons. The van der Waals surface area contributed by atoms with Gasteiger partial charge in [0.1, 0.15) is 0 Å². The minimum absolute atomic E-state index is 0.243. The fourth-order valence-electron chi connectivity index (χ4n) is 2.80. The lowest BCUT2D eigenvalue weighted by molar-refractivity contribution is 0.0986. The van der Waals surface area contributed by atoms with Crippen molar-refractivity contribution in [2.24, 2.45) is 0 Å². The second kappa shape index (κ2) is 6.27. The van der Waals surface area contributed by atoms with Crippen molar-refractivity contribution in [2.45, 2.75) is 13.5 Å². The SMILES string of the molecule is Cc1ccoc1C(=O)Nc1ccc(N2Cc3nccnc3C2=O)c(Cl)c1. The molecule has 1 N–H and O–H groups in total. The maximum absolute atomic E-state index is 12.5. The molecule has 0 fully saturated rings. The molecule has 0 unspecified atom stereocenters. The van der Waals surface area contributed by atoms with Gasteiger partial charge >= 0.3 is 0 Å². The van der Waals surface area contributed by atoms with Gasteiger partial charge in [-0.15, -0.1) is 0 Å². The number of rotatable bonds is 3. The molecule has 26 heavy (non-hydrogen) atoms. The number of nitrogens with zero attached hydrogens (tertiary/aromatic N) is 3. The number of fused-ring (bicyclic) bond motifs is 1. The summed E-state index contributed by atoms with van der Waals surface area (Å²) in [7, 11) is 0. The fraction of sp³-hybridized carbons (Fsp3) is 0.111. The van der Waals surface area contributed by atoms with Crippen LogP contribution < -0.4 is 10.2 Å². The molecule has 1 aliphatic heterocycles. The number of furan rings is 1. The summed E-state index contributed by atoms with van der Waals surface area (Å²) in [6.45, 7) is 2.09. The van der Waals surface area contributed by atoms with E-state index in [9.17, 15) is 9.59 Å². The molecule has 2 aromatic heterocycles. The van der Waals surface area contributed by atoms with Crippen molar-refractivity contribution in [3.8, 4) is 0 Å². The van der Waals surface area contributed by atoms with Crippen molar-refractivity contribution in [2.75, 3.05) is 10.2 Å². The average molecular weight is 369 g/mol. The summed E-state index contributed by atoms with van der Waals surface area (Å²) in [6, 6.07) is 6.65. The first kappa shape index (κ1) is 16.3. The molecule has 0 atom stereocenters. The third kappa shape index (κ3) is 2.72. The Morgan fingerprint density at radius 3 is 2.77 bits per heavy atom. The Bertz CT molecular complexity index is 1030. The Kier molecular flexibility index (Phi) is 3.93. The van der Waals surface area contributed by atoms with Crippen LogP contribution in [0.25, 0.3) is 0 Å². The van der Waals surface area contributed by atoms with Crippen LogP contribution in [0.5, 0.6) is 0 Å². The fourth-order valence-corrected chi connectivity index (χ4v) is 3.08. The van der Waals surface area contributed by atoms with E-state index in [0.29, 0.717) is 34.3 Å². The molecule has 0 saturated carbocycles. The van der Waals surface area contributed by atoms with Gasteiger partial charge in [0.25, 0.3) is 11.8 Å². The van der Waals surface area contributed by atoms with Gasteiger partial charge in [0, 0.05) is 23.6 Å². The number of anilines is 2. The summed E-state index contributed by atoms with van der Waals surface area (Å²) >= 11 is 6.35. The van der Waals surface area contributed by atoms with Gasteiger partial charge in [-0.05, 0) is 31.2 Å². The number of hydrogen-bond donors (Lipinski definition) is 1. The monoisotopic (exact) mass is 368 g/mol. The number of hydrogen-bond acceptors (Lipinski definition) is 5. The predicted molar refractivity (Wildman–Crippen MR) is 95.4 cm³/mol. The molecule has 0 aliphatic carbocycles. The largest absolute Gasteiger partial charge is 0.459 e. The van der Waals surface area contributed by atoms with Gasteiger partial charge < -0.3 is 9.73 Å². The van der Waals surface area contributed by atoms with Gasteiger partial charge in [-0.1, -0.05) is 11.6 Å². The van der Waals surface area contributed by atoms with E-state index in [0.717, 1.165) is 5.56 Å². The minimum atomic E-state index is -0.366. The van der Waals surface area contributed by atoms with Gasteiger partial charge in [-0.3, -0.25) is 19.5 Å². The number of carbonyl (C=O) groups is 2. The van der Waals surface area contributed by atoms with Crippen LogP contribution in [-0.2, 0) is 6.54 Å². The average Bonchev–Trinajstić information content (AvgIpc) is 3.19. The number of halogens is 1. The van der Waals surface area contributed by atoms with Crippen molar-refractivity contribution in [1.29, 1.82) is 0 Å². The summed E-state index contributed by atoms with van der Waals surface area (Å²) in [4.78, 5) is 34.5. The number of amides is 2. The maximum Gasteiger partial charge on any atom is 0.291 e. The van der Waals surface area contributed by atoms with E-state index in [2.05, 4.69) is 15.3 Å². The zero-order chi connectivity index (χ0) is 18.3. The zero-order valence-electron chi connectivity index (χ0n) is 13.7. The van der Waals surface area contributed by atoms with Crippen LogP contribution in [0.3, 0.4) is 0 Å². The predicted octanol–water partition coefficient (Wildman–Crippen LogP) is 3.44. The zero-order valence-corrected chi connectivity index (χ0v) is 14.4. The summed E-state index contributed by atoms with van der Waals surface area (Å²) in [5.74, 6) is -0.375. The second-order valence-corrected chi connectivity index (χ2v) is 6.20. The van der Waals surface area contributed by atoms with Crippen molar-refractivity contribution in [1.82, 2.24) is 9.97 Å². The number of nitrogens with one attached hydrogen (secondary N) is 1. The first-order valence-electron chi connectivity index (χ1n) is 7.81. The number of carbonyl (C=O) groups excluding carboxylic acids is 2. The maximum atomic E-state index is 12.5. The topological polar surface area (TPSA) is 88.3 Å². The first-order chi connectivity index (χ1) is 12.5. The van der Waals surface area contributed by atoms with E-state index in [1.165, 1.54) is 17.4 Å². The van der Waals surface area contributed by atoms with Crippen molar-refractivity contribution >= 4 is 34.8 Å². The van der Waals surface area contributed by atoms with E-state index < -0.39 is 0 Å². The van der Waals surface area contributed by atoms with Crippen molar-refractivity contribution in [3.05, 3.63) is 70.7 Å². The van der Waals surface area contributed by atoms with Crippen molar-refractivity contribution in [3.63, 3.8) is 0 Å². The van der Waals surface area contributed by atoms with Gasteiger partial charge in [-0.2, -0.15) is 0 Å². The lowest BCUT2D eigenvalue weighted by Crippen LogP contribution is -2.23. The Labute approximate surface area is 153 Å². The standard InChI is InChI=1S/C18H13ClN4O3/c1-10-4-7-26-16(10)17(24)22-11-2-3-14(12(19)8-11)23-9-13-15(18(23)25)21-6-5-20-13/h2-8H,9H2,1H3,(H,22,24). The molecular weight excluding hydrogens is 356 g/mol. The van der Waals surface area contributed by atoms with Gasteiger partial charge in [0.05, 0.1) is 29.2 Å². The number of aryl methyl sites for hydroxylation is 1. The molecule has 8 heteroatoms. The molecule has 0 bridgehead atoms.